The van der Waals surface area contributed by atoms with Gasteiger partial charge in [0.2, 0.25) is 0 Å². The molecule has 112 valence electrons. The molecule has 2 heteroatoms. The molecule has 1 aliphatic carbocycles. The highest BCUT2D eigenvalue weighted by atomic mass is 15.2. The maximum atomic E-state index is 6.06. The molecule has 0 spiro atoms. The molecular formula is C18H30N2. The summed E-state index contributed by atoms with van der Waals surface area (Å²) >= 11 is 0. The van der Waals surface area contributed by atoms with Crippen LogP contribution < -0.4 is 5.73 Å². The number of nitrogens with two attached hydrogens (primary N) is 1. The van der Waals surface area contributed by atoms with Crippen LogP contribution in [-0.2, 0) is 5.41 Å². The van der Waals surface area contributed by atoms with Crippen molar-refractivity contribution >= 4 is 0 Å². The summed E-state index contributed by atoms with van der Waals surface area (Å²) in [5.41, 5.74) is 9.03. The van der Waals surface area contributed by atoms with Gasteiger partial charge in [-0.2, -0.15) is 0 Å². The third kappa shape index (κ3) is 3.83. The van der Waals surface area contributed by atoms with E-state index >= 15 is 0 Å². The number of hydrogen-bond acceptors (Lipinski definition) is 2. The first kappa shape index (κ1) is 15.5. The van der Waals surface area contributed by atoms with E-state index in [1.165, 1.54) is 30.5 Å². The second-order valence-electron chi connectivity index (χ2n) is 7.15. The van der Waals surface area contributed by atoms with Crippen LogP contribution in [0.15, 0.2) is 24.3 Å². The molecule has 2 N–H and O–H groups in total. The normalized spacial score (nSPS) is 17.5. The lowest BCUT2D eigenvalue weighted by Gasteiger charge is -2.31. The van der Waals surface area contributed by atoms with Crippen molar-refractivity contribution < 1.29 is 0 Å². The van der Waals surface area contributed by atoms with Crippen LogP contribution in [0.2, 0.25) is 0 Å². The number of rotatable bonds is 6. The van der Waals surface area contributed by atoms with Crippen LogP contribution in [-0.4, -0.2) is 24.5 Å². The molecule has 0 aromatic heterocycles. The fourth-order valence-electron chi connectivity index (χ4n) is 2.81. The van der Waals surface area contributed by atoms with E-state index in [0.29, 0.717) is 12.6 Å². The van der Waals surface area contributed by atoms with Gasteiger partial charge in [0.1, 0.15) is 0 Å². The van der Waals surface area contributed by atoms with Crippen molar-refractivity contribution in [2.45, 2.75) is 52.0 Å². The topological polar surface area (TPSA) is 29.3 Å². The lowest BCUT2D eigenvalue weighted by Crippen LogP contribution is -2.35. The summed E-state index contributed by atoms with van der Waals surface area (Å²) in [5.74, 6) is 0.915. The number of hydrogen-bond donors (Lipinski definition) is 1. The van der Waals surface area contributed by atoms with Crippen LogP contribution in [0.25, 0.3) is 0 Å². The van der Waals surface area contributed by atoms with Crippen LogP contribution >= 0.6 is 0 Å². The first-order chi connectivity index (χ1) is 9.45. The predicted molar refractivity (Wildman–Crippen MR) is 86.9 cm³/mol. The monoisotopic (exact) mass is 274 g/mol. The van der Waals surface area contributed by atoms with Gasteiger partial charge >= 0.3 is 0 Å². The minimum atomic E-state index is 0.217. The van der Waals surface area contributed by atoms with Gasteiger partial charge in [-0.05, 0) is 41.8 Å². The Balaban J connectivity index is 2.13. The Labute approximate surface area is 124 Å². The summed E-state index contributed by atoms with van der Waals surface area (Å²) < 4.78 is 0. The number of likely N-dealkylation sites (N-methyl/N-ethyl adjacent to an activating group) is 1. The largest absolute Gasteiger partial charge is 0.329 e. The van der Waals surface area contributed by atoms with Gasteiger partial charge in [-0.1, -0.05) is 52.0 Å². The molecule has 1 aliphatic rings. The average molecular weight is 274 g/mol. The zero-order chi connectivity index (χ0) is 14.8. The predicted octanol–water partition coefficient (Wildman–Crippen LogP) is 3.72. The maximum Gasteiger partial charge on any atom is 0.0470 e. The zero-order valence-electron chi connectivity index (χ0n) is 13.5. The second kappa shape index (κ2) is 6.28. The van der Waals surface area contributed by atoms with Gasteiger partial charge in [-0.25, -0.2) is 0 Å². The summed E-state index contributed by atoms with van der Waals surface area (Å²) in [5, 5.41) is 0. The Morgan fingerprint density at radius 3 is 2.20 bits per heavy atom. The molecule has 1 saturated carbocycles. The lowest BCUT2D eigenvalue weighted by molar-refractivity contribution is 0.203. The quantitative estimate of drug-likeness (QED) is 0.856. The SMILES string of the molecule is CCN(CC1CC1)C(CN)c1ccc(C(C)(C)C)cc1. The summed E-state index contributed by atoms with van der Waals surface area (Å²) in [6.45, 7) is 12.0. The van der Waals surface area contributed by atoms with Crippen molar-refractivity contribution in [3.63, 3.8) is 0 Å². The van der Waals surface area contributed by atoms with E-state index in [1.807, 2.05) is 0 Å². The maximum absolute atomic E-state index is 6.06. The summed E-state index contributed by atoms with van der Waals surface area (Å²) in [7, 11) is 0. The van der Waals surface area contributed by atoms with Gasteiger partial charge < -0.3 is 5.73 Å². The molecule has 2 nitrogen and oxygen atoms in total. The molecule has 0 amide bonds. The van der Waals surface area contributed by atoms with E-state index in [2.05, 4.69) is 56.9 Å². The fraction of sp³-hybridized carbons (Fsp3) is 0.667. The van der Waals surface area contributed by atoms with Gasteiger partial charge in [-0.3, -0.25) is 4.90 Å². The highest BCUT2D eigenvalue weighted by Crippen LogP contribution is 2.33. The van der Waals surface area contributed by atoms with E-state index in [9.17, 15) is 0 Å². The van der Waals surface area contributed by atoms with Gasteiger partial charge in [0, 0.05) is 19.1 Å². The number of nitrogens with zero attached hydrogens (tertiary/aromatic N) is 1. The van der Waals surface area contributed by atoms with Gasteiger partial charge in [0.15, 0.2) is 0 Å². The first-order valence-corrected chi connectivity index (χ1v) is 8.00. The molecule has 0 aliphatic heterocycles. The Bertz CT molecular complexity index is 412. The summed E-state index contributed by atoms with van der Waals surface area (Å²) in [4.78, 5) is 2.55. The van der Waals surface area contributed by atoms with Gasteiger partial charge in [0.25, 0.3) is 0 Å². The van der Waals surface area contributed by atoms with E-state index in [4.69, 9.17) is 5.73 Å². The molecule has 20 heavy (non-hydrogen) atoms. The van der Waals surface area contributed by atoms with E-state index < -0.39 is 0 Å². The van der Waals surface area contributed by atoms with Crippen molar-refractivity contribution in [1.29, 1.82) is 0 Å². The summed E-state index contributed by atoms with van der Waals surface area (Å²) in [6.07, 6.45) is 2.80. The van der Waals surface area contributed by atoms with Crippen molar-refractivity contribution in [2.24, 2.45) is 11.7 Å². The van der Waals surface area contributed by atoms with Crippen molar-refractivity contribution in [3.8, 4) is 0 Å². The van der Waals surface area contributed by atoms with Crippen LogP contribution in [0.1, 0.15) is 57.7 Å². The van der Waals surface area contributed by atoms with Crippen LogP contribution in [0.3, 0.4) is 0 Å². The van der Waals surface area contributed by atoms with E-state index in [-0.39, 0.29) is 5.41 Å². The zero-order valence-corrected chi connectivity index (χ0v) is 13.5. The molecule has 1 fully saturated rings. The van der Waals surface area contributed by atoms with Crippen LogP contribution in [0, 0.1) is 5.92 Å². The number of benzene rings is 1. The Morgan fingerprint density at radius 2 is 1.80 bits per heavy atom. The third-order valence-electron chi connectivity index (χ3n) is 4.42. The average Bonchev–Trinajstić information content (AvgIpc) is 3.22. The minimum absolute atomic E-state index is 0.217. The molecule has 1 atom stereocenters. The van der Waals surface area contributed by atoms with Crippen molar-refractivity contribution in [1.82, 2.24) is 4.90 Å². The molecule has 1 aromatic carbocycles. The molecule has 1 aromatic rings. The Morgan fingerprint density at radius 1 is 1.20 bits per heavy atom. The second-order valence-corrected chi connectivity index (χ2v) is 7.15. The highest BCUT2D eigenvalue weighted by Gasteiger charge is 2.27. The standard InChI is InChI=1S/C18H30N2/c1-5-20(13-14-6-7-14)17(12-19)15-8-10-16(11-9-15)18(2,3)4/h8-11,14,17H,5-7,12-13,19H2,1-4H3. The fourth-order valence-corrected chi connectivity index (χ4v) is 2.81. The van der Waals surface area contributed by atoms with Crippen LogP contribution in [0.4, 0.5) is 0 Å². The molecular weight excluding hydrogens is 244 g/mol. The highest BCUT2D eigenvalue weighted by molar-refractivity contribution is 5.29. The molecule has 2 rings (SSSR count). The van der Waals surface area contributed by atoms with E-state index in [0.717, 1.165) is 12.5 Å². The van der Waals surface area contributed by atoms with Gasteiger partial charge in [-0.15, -0.1) is 0 Å². The summed E-state index contributed by atoms with van der Waals surface area (Å²) in [6, 6.07) is 9.45. The lowest BCUT2D eigenvalue weighted by atomic mass is 9.86. The molecule has 0 radical (unpaired) electrons. The van der Waals surface area contributed by atoms with Crippen LogP contribution in [0.5, 0.6) is 0 Å². The van der Waals surface area contributed by atoms with Crippen molar-refractivity contribution in [2.75, 3.05) is 19.6 Å². The Kier molecular flexibility index (Phi) is 4.87. The first-order valence-electron chi connectivity index (χ1n) is 8.00. The molecule has 0 bridgehead atoms. The third-order valence-corrected chi connectivity index (χ3v) is 4.42. The molecule has 1 unspecified atom stereocenters. The smallest absolute Gasteiger partial charge is 0.0470 e. The van der Waals surface area contributed by atoms with Gasteiger partial charge in [0.05, 0.1) is 0 Å². The molecule has 0 heterocycles. The molecule has 0 saturated heterocycles. The van der Waals surface area contributed by atoms with E-state index in [1.54, 1.807) is 0 Å². The minimum Gasteiger partial charge on any atom is -0.329 e. The Hall–Kier alpha value is -0.860. The van der Waals surface area contributed by atoms with Crippen molar-refractivity contribution in [3.05, 3.63) is 35.4 Å².